The number of tetrazole rings is 1. The van der Waals surface area contributed by atoms with Crippen molar-refractivity contribution < 1.29 is 9.47 Å². The van der Waals surface area contributed by atoms with Crippen molar-refractivity contribution in [2.45, 2.75) is 26.6 Å². The number of nitrogens with one attached hydrogen (secondary N) is 1. The largest absolute Gasteiger partial charge is 0.486 e. The van der Waals surface area contributed by atoms with E-state index in [1.807, 2.05) is 66.7 Å². The minimum absolute atomic E-state index is 0. The van der Waals surface area contributed by atoms with Gasteiger partial charge in [-0.1, -0.05) is 85.8 Å². The number of ether oxygens (including phenoxy) is 2. The second kappa shape index (κ2) is 12.4. The number of benzene rings is 3. The summed E-state index contributed by atoms with van der Waals surface area (Å²) in [4.78, 5) is 9.46. The molecule has 0 radical (unpaired) electrons. The molecule has 6 rings (SSSR count). The number of rotatable bonds is 9. The topological polar surface area (TPSA) is 98.7 Å². The van der Waals surface area contributed by atoms with Crippen LogP contribution in [0.2, 0.25) is 0 Å². The van der Waals surface area contributed by atoms with Gasteiger partial charge in [0, 0.05) is 23.4 Å². The highest BCUT2D eigenvalue weighted by molar-refractivity contribution is 5.85. The Bertz CT molecular complexity index is 1690. The number of pyridine rings is 2. The molecule has 1 N–H and O–H groups in total. The molecule has 0 saturated heterocycles. The predicted molar refractivity (Wildman–Crippen MR) is 156 cm³/mol. The van der Waals surface area contributed by atoms with Gasteiger partial charge < -0.3 is 9.47 Å². The van der Waals surface area contributed by atoms with E-state index in [4.69, 9.17) is 19.4 Å². The van der Waals surface area contributed by atoms with Crippen LogP contribution in [-0.2, 0) is 19.6 Å². The molecular weight excluding hydrogens is 524 g/mol. The summed E-state index contributed by atoms with van der Waals surface area (Å²) in [6, 6.07) is 32.1. The zero-order valence-electron chi connectivity index (χ0n) is 21.8. The average Bonchev–Trinajstić information content (AvgIpc) is 3.54. The first-order chi connectivity index (χ1) is 19.3. The lowest BCUT2D eigenvalue weighted by molar-refractivity contribution is 0.292. The fraction of sp³-hybridized carbons (Fsp3) is 0.129. The summed E-state index contributed by atoms with van der Waals surface area (Å²) in [6.07, 6.45) is 0.799. The number of H-pyrrole nitrogens is 1. The van der Waals surface area contributed by atoms with Gasteiger partial charge in [-0.2, -0.15) is 5.21 Å². The van der Waals surface area contributed by atoms with Gasteiger partial charge in [-0.05, 0) is 40.0 Å². The molecule has 0 saturated carbocycles. The van der Waals surface area contributed by atoms with Gasteiger partial charge in [0.25, 0.3) is 0 Å². The van der Waals surface area contributed by atoms with Crippen molar-refractivity contribution in [2.24, 2.45) is 0 Å². The Hall–Kier alpha value is -4.82. The van der Waals surface area contributed by atoms with Crippen LogP contribution in [0, 0.1) is 0 Å². The molecule has 6 aromatic rings. The highest BCUT2D eigenvalue weighted by atomic mass is 35.5. The molecule has 3 aromatic carbocycles. The minimum Gasteiger partial charge on any atom is -0.486 e. The second-order valence-corrected chi connectivity index (χ2v) is 9.02. The van der Waals surface area contributed by atoms with Gasteiger partial charge in [-0.15, -0.1) is 22.6 Å². The Balaban J connectivity index is 0.00000323. The van der Waals surface area contributed by atoms with Crippen molar-refractivity contribution >= 4 is 23.4 Å². The van der Waals surface area contributed by atoms with E-state index in [2.05, 4.69) is 57.9 Å². The zero-order chi connectivity index (χ0) is 26.4. The molecule has 9 heteroatoms. The van der Waals surface area contributed by atoms with E-state index in [-0.39, 0.29) is 12.4 Å². The first-order valence-electron chi connectivity index (χ1n) is 12.8. The van der Waals surface area contributed by atoms with Crippen LogP contribution in [0.5, 0.6) is 11.6 Å². The summed E-state index contributed by atoms with van der Waals surface area (Å²) in [7, 11) is 0. The van der Waals surface area contributed by atoms with E-state index in [0.29, 0.717) is 36.2 Å². The molecule has 3 heterocycles. The van der Waals surface area contributed by atoms with E-state index < -0.39 is 0 Å². The van der Waals surface area contributed by atoms with E-state index in [1.165, 1.54) is 0 Å². The van der Waals surface area contributed by atoms with Crippen molar-refractivity contribution in [1.29, 1.82) is 0 Å². The fourth-order valence-electron chi connectivity index (χ4n) is 4.36. The molecule has 40 heavy (non-hydrogen) atoms. The molecule has 0 unspecified atom stereocenters. The fourth-order valence-corrected chi connectivity index (χ4v) is 4.36. The van der Waals surface area contributed by atoms with Gasteiger partial charge in [0.15, 0.2) is 0 Å². The number of aryl methyl sites for hydroxylation is 1. The maximum absolute atomic E-state index is 6.30. The molecule has 0 amide bonds. The molecule has 0 aliphatic carbocycles. The van der Waals surface area contributed by atoms with Crippen LogP contribution in [0.25, 0.3) is 33.5 Å². The maximum atomic E-state index is 6.30. The Morgan fingerprint density at radius 1 is 0.725 bits per heavy atom. The summed E-state index contributed by atoms with van der Waals surface area (Å²) in [5.74, 6) is 1.79. The third-order valence-electron chi connectivity index (χ3n) is 6.41. The van der Waals surface area contributed by atoms with Gasteiger partial charge >= 0.3 is 0 Å². The summed E-state index contributed by atoms with van der Waals surface area (Å²) in [5.41, 5.74) is 7.55. The van der Waals surface area contributed by atoms with Crippen molar-refractivity contribution in [1.82, 2.24) is 30.6 Å². The highest BCUT2D eigenvalue weighted by Gasteiger charge is 2.12. The van der Waals surface area contributed by atoms with Gasteiger partial charge in [-0.25, -0.2) is 4.98 Å². The standard InChI is InChI=1S/C31H26N6O2.ClH/c1-2-24-18-28(30-27(32-24)16-17-29(33-30)39-20-21-8-4-3-5-9-21)38-19-22-12-14-23(15-13-22)25-10-6-7-11-26(25)31-34-36-37-35-31;/h3-18H,2,19-20H2,1H3,(H,34,35,36,37);1H. The lowest BCUT2D eigenvalue weighted by Crippen LogP contribution is -2.02. The van der Waals surface area contributed by atoms with Crippen LogP contribution in [0.3, 0.4) is 0 Å². The van der Waals surface area contributed by atoms with Crippen LogP contribution < -0.4 is 9.47 Å². The quantitative estimate of drug-likeness (QED) is 0.216. The smallest absolute Gasteiger partial charge is 0.214 e. The molecular formula is C31H27ClN6O2. The summed E-state index contributed by atoms with van der Waals surface area (Å²) < 4.78 is 12.3. The van der Waals surface area contributed by atoms with Gasteiger partial charge in [0.05, 0.1) is 5.52 Å². The zero-order valence-corrected chi connectivity index (χ0v) is 22.6. The number of halogens is 1. The van der Waals surface area contributed by atoms with Crippen molar-refractivity contribution in [3.05, 3.63) is 114 Å². The Labute approximate surface area is 237 Å². The second-order valence-electron chi connectivity index (χ2n) is 9.02. The van der Waals surface area contributed by atoms with Crippen LogP contribution in [-0.4, -0.2) is 30.6 Å². The number of aromatic amines is 1. The molecule has 200 valence electrons. The first-order valence-corrected chi connectivity index (χ1v) is 12.8. The van der Waals surface area contributed by atoms with Crippen molar-refractivity contribution in [2.75, 3.05) is 0 Å². The first kappa shape index (κ1) is 26.8. The molecule has 0 fully saturated rings. The SMILES string of the molecule is CCc1cc(OCc2ccc(-c3ccccc3-c3nn[nH]n3)cc2)c2nc(OCc3ccccc3)ccc2n1.Cl. The third-order valence-corrected chi connectivity index (χ3v) is 6.41. The predicted octanol–water partition coefficient (Wildman–Crippen LogP) is 6.62. The maximum Gasteiger partial charge on any atom is 0.214 e. The minimum atomic E-state index is 0. The van der Waals surface area contributed by atoms with Crippen LogP contribution >= 0.6 is 12.4 Å². The Kier molecular flexibility index (Phi) is 8.27. The molecule has 0 aliphatic rings. The number of hydrogen-bond donors (Lipinski definition) is 1. The molecule has 3 aromatic heterocycles. The molecule has 0 spiro atoms. The number of aromatic nitrogens is 6. The van der Waals surface area contributed by atoms with E-state index in [9.17, 15) is 0 Å². The van der Waals surface area contributed by atoms with Crippen LogP contribution in [0.4, 0.5) is 0 Å². The van der Waals surface area contributed by atoms with E-state index in [1.54, 1.807) is 0 Å². The highest BCUT2D eigenvalue weighted by Crippen LogP contribution is 2.31. The summed E-state index contributed by atoms with van der Waals surface area (Å²) in [6.45, 7) is 2.91. The molecule has 8 nitrogen and oxygen atoms in total. The number of hydrogen-bond acceptors (Lipinski definition) is 7. The van der Waals surface area contributed by atoms with Gasteiger partial charge in [0.1, 0.15) is 24.5 Å². The van der Waals surface area contributed by atoms with Crippen LogP contribution in [0.1, 0.15) is 23.7 Å². The van der Waals surface area contributed by atoms with E-state index >= 15 is 0 Å². The molecule has 0 bridgehead atoms. The molecule has 0 atom stereocenters. The Morgan fingerprint density at radius 2 is 1.45 bits per heavy atom. The lowest BCUT2D eigenvalue weighted by Gasteiger charge is -2.13. The van der Waals surface area contributed by atoms with Crippen molar-refractivity contribution in [3.63, 3.8) is 0 Å². The summed E-state index contributed by atoms with van der Waals surface area (Å²) >= 11 is 0. The number of fused-ring (bicyclic) bond motifs is 1. The average molecular weight is 551 g/mol. The normalized spacial score (nSPS) is 10.7. The lowest BCUT2D eigenvalue weighted by atomic mass is 9.98. The van der Waals surface area contributed by atoms with Gasteiger partial charge in [0.2, 0.25) is 11.7 Å². The Morgan fingerprint density at radius 3 is 2.20 bits per heavy atom. The van der Waals surface area contributed by atoms with Gasteiger partial charge in [-0.3, -0.25) is 4.98 Å². The monoisotopic (exact) mass is 550 g/mol. The van der Waals surface area contributed by atoms with E-state index in [0.717, 1.165) is 45.4 Å². The molecule has 0 aliphatic heterocycles. The third kappa shape index (κ3) is 5.92. The van der Waals surface area contributed by atoms with Crippen LogP contribution in [0.15, 0.2) is 97.1 Å². The number of nitrogens with zero attached hydrogens (tertiary/aromatic N) is 5. The van der Waals surface area contributed by atoms with Crippen molar-refractivity contribution in [3.8, 4) is 34.1 Å². The summed E-state index contributed by atoms with van der Waals surface area (Å²) in [5, 5.41) is 14.5.